The number of nitrogens with two attached hydrogens (primary N) is 1. The molecule has 3 N–H and O–H groups in total. The molecule has 0 aliphatic rings. The van der Waals surface area contributed by atoms with Crippen LogP contribution in [0.1, 0.15) is 28.2 Å². The molecule has 1 heterocycles. The summed E-state index contributed by atoms with van der Waals surface area (Å²) >= 11 is 0. The Morgan fingerprint density at radius 3 is 2.45 bits per heavy atom. The molecule has 0 saturated heterocycles. The summed E-state index contributed by atoms with van der Waals surface area (Å²) in [6.07, 6.45) is 0. The first kappa shape index (κ1) is 13.7. The summed E-state index contributed by atoms with van der Waals surface area (Å²) in [7, 11) is 0. The van der Waals surface area contributed by atoms with Gasteiger partial charge in [0.2, 0.25) is 17.7 Å². The second-order valence-electron chi connectivity index (χ2n) is 3.98. The number of aryl methyl sites for hydroxylation is 1. The molecule has 0 unspecified atom stereocenters. The molecule has 0 saturated carbocycles. The van der Waals surface area contributed by atoms with Crippen LogP contribution in [0.15, 0.2) is 28.7 Å². The molecule has 2 rings (SSSR count). The van der Waals surface area contributed by atoms with E-state index >= 15 is 0 Å². The molecule has 7 nitrogen and oxygen atoms in total. The predicted octanol–water partition coefficient (Wildman–Crippen LogP) is 0.474. The van der Waals surface area contributed by atoms with E-state index in [1.54, 1.807) is 0 Å². The minimum atomic E-state index is -1.24. The number of amides is 2. The van der Waals surface area contributed by atoms with Crippen molar-refractivity contribution in [1.29, 1.82) is 0 Å². The van der Waals surface area contributed by atoms with Gasteiger partial charge in [-0.05, 0) is 24.3 Å². The lowest BCUT2D eigenvalue weighted by Gasteiger charge is -2.11. The molecule has 2 amide bonds. The van der Waals surface area contributed by atoms with Crippen LogP contribution in [0, 0.1) is 12.7 Å². The van der Waals surface area contributed by atoms with E-state index in [1.807, 2.05) is 0 Å². The third kappa shape index (κ3) is 2.97. The average Bonchev–Trinajstić information content (AvgIpc) is 2.82. The van der Waals surface area contributed by atoms with Gasteiger partial charge >= 0.3 is 0 Å². The Kier molecular flexibility index (Phi) is 3.74. The highest BCUT2D eigenvalue weighted by Gasteiger charge is 2.26. The van der Waals surface area contributed by atoms with Crippen molar-refractivity contribution < 1.29 is 18.4 Å². The van der Waals surface area contributed by atoms with Gasteiger partial charge in [-0.1, -0.05) is 0 Å². The van der Waals surface area contributed by atoms with Crippen molar-refractivity contribution in [3.63, 3.8) is 0 Å². The van der Waals surface area contributed by atoms with E-state index in [2.05, 4.69) is 15.5 Å². The standard InChI is InChI=1S/C12H11FN4O3/c1-6-16-17-12(20-6)9(10(14)18)15-11(19)7-2-4-8(13)5-3-7/h2-5,9H,1H3,(H2,14,18)(H,15,19)/t9-/m0/s1. The molecule has 0 aliphatic carbocycles. The molecule has 0 fully saturated rings. The van der Waals surface area contributed by atoms with Crippen molar-refractivity contribution in [2.45, 2.75) is 13.0 Å². The summed E-state index contributed by atoms with van der Waals surface area (Å²) < 4.78 is 17.8. The number of nitrogens with one attached hydrogen (secondary N) is 1. The molecular formula is C12H11FN4O3. The number of rotatable bonds is 4. The molecule has 20 heavy (non-hydrogen) atoms. The number of carbonyl (C=O) groups is 2. The van der Waals surface area contributed by atoms with Crippen molar-refractivity contribution in [3.05, 3.63) is 47.4 Å². The number of nitrogens with zero attached hydrogens (tertiary/aromatic N) is 2. The predicted molar refractivity (Wildman–Crippen MR) is 64.8 cm³/mol. The zero-order valence-corrected chi connectivity index (χ0v) is 10.5. The fraction of sp³-hybridized carbons (Fsp3) is 0.167. The van der Waals surface area contributed by atoms with Crippen LogP contribution in [0.25, 0.3) is 0 Å². The Morgan fingerprint density at radius 1 is 1.30 bits per heavy atom. The number of primary amides is 1. The van der Waals surface area contributed by atoms with Gasteiger partial charge in [0.15, 0.2) is 6.04 Å². The molecule has 104 valence electrons. The first-order chi connectivity index (χ1) is 9.47. The maximum atomic E-state index is 12.8. The van der Waals surface area contributed by atoms with Crippen LogP contribution in [0.5, 0.6) is 0 Å². The van der Waals surface area contributed by atoms with Gasteiger partial charge in [-0.2, -0.15) is 0 Å². The van der Waals surface area contributed by atoms with E-state index in [4.69, 9.17) is 10.2 Å². The third-order valence-corrected chi connectivity index (χ3v) is 2.45. The smallest absolute Gasteiger partial charge is 0.252 e. The fourth-order valence-electron chi connectivity index (χ4n) is 1.50. The van der Waals surface area contributed by atoms with Gasteiger partial charge in [-0.3, -0.25) is 9.59 Å². The van der Waals surface area contributed by atoms with Gasteiger partial charge in [0, 0.05) is 12.5 Å². The Balaban J connectivity index is 2.18. The Hall–Kier alpha value is -2.77. The van der Waals surface area contributed by atoms with Gasteiger partial charge in [0.05, 0.1) is 0 Å². The van der Waals surface area contributed by atoms with Gasteiger partial charge in [0.1, 0.15) is 5.82 Å². The van der Waals surface area contributed by atoms with Crippen molar-refractivity contribution in [1.82, 2.24) is 15.5 Å². The minimum absolute atomic E-state index is 0.106. The number of aromatic nitrogens is 2. The molecule has 1 atom stereocenters. The summed E-state index contributed by atoms with van der Waals surface area (Å²) in [5.41, 5.74) is 5.36. The lowest BCUT2D eigenvalue weighted by atomic mass is 10.2. The van der Waals surface area contributed by atoms with E-state index in [9.17, 15) is 14.0 Å². The number of hydrogen-bond acceptors (Lipinski definition) is 5. The summed E-state index contributed by atoms with van der Waals surface area (Å²) in [5.74, 6) is -1.79. The third-order valence-electron chi connectivity index (χ3n) is 2.45. The highest BCUT2D eigenvalue weighted by molar-refractivity contribution is 5.97. The van der Waals surface area contributed by atoms with Gasteiger partial charge in [0.25, 0.3) is 5.91 Å². The van der Waals surface area contributed by atoms with Crippen molar-refractivity contribution in [2.75, 3.05) is 0 Å². The van der Waals surface area contributed by atoms with Crippen LogP contribution in [0.2, 0.25) is 0 Å². The molecule has 8 heteroatoms. The van der Waals surface area contributed by atoms with Gasteiger partial charge in [-0.15, -0.1) is 10.2 Å². The fourth-order valence-corrected chi connectivity index (χ4v) is 1.50. The molecular weight excluding hydrogens is 267 g/mol. The molecule has 2 aromatic rings. The molecule has 0 radical (unpaired) electrons. The zero-order valence-electron chi connectivity index (χ0n) is 10.5. The number of benzene rings is 1. The van der Waals surface area contributed by atoms with Crippen LogP contribution < -0.4 is 11.1 Å². The molecule has 0 spiro atoms. The van der Waals surface area contributed by atoms with Crippen LogP contribution in [0.4, 0.5) is 4.39 Å². The summed E-state index contributed by atoms with van der Waals surface area (Å²) in [6, 6.07) is 3.58. The summed E-state index contributed by atoms with van der Waals surface area (Å²) in [4.78, 5) is 23.3. The summed E-state index contributed by atoms with van der Waals surface area (Å²) in [5, 5.41) is 9.54. The Labute approximate surface area is 113 Å². The SMILES string of the molecule is Cc1nnc([C@@H](NC(=O)c2ccc(F)cc2)C(N)=O)o1. The van der Waals surface area contributed by atoms with Crippen LogP contribution in [-0.2, 0) is 4.79 Å². The minimum Gasteiger partial charge on any atom is -0.423 e. The van der Waals surface area contributed by atoms with Crippen LogP contribution in [-0.4, -0.2) is 22.0 Å². The quantitative estimate of drug-likeness (QED) is 0.844. The first-order valence-corrected chi connectivity index (χ1v) is 5.63. The van der Waals surface area contributed by atoms with Crippen molar-refractivity contribution in [3.8, 4) is 0 Å². The van der Waals surface area contributed by atoms with Crippen LogP contribution >= 0.6 is 0 Å². The van der Waals surface area contributed by atoms with Gasteiger partial charge in [-0.25, -0.2) is 4.39 Å². The highest BCUT2D eigenvalue weighted by Crippen LogP contribution is 2.12. The van der Waals surface area contributed by atoms with E-state index in [-0.39, 0.29) is 17.3 Å². The first-order valence-electron chi connectivity index (χ1n) is 5.63. The van der Waals surface area contributed by atoms with Gasteiger partial charge < -0.3 is 15.5 Å². The topological polar surface area (TPSA) is 111 Å². The molecule has 1 aromatic carbocycles. The molecule has 0 aliphatic heterocycles. The normalized spacial score (nSPS) is 11.9. The van der Waals surface area contributed by atoms with E-state index in [0.717, 1.165) is 12.1 Å². The van der Waals surface area contributed by atoms with E-state index in [1.165, 1.54) is 19.1 Å². The highest BCUT2D eigenvalue weighted by atomic mass is 19.1. The molecule has 0 bridgehead atoms. The van der Waals surface area contributed by atoms with Crippen molar-refractivity contribution in [2.24, 2.45) is 5.73 Å². The monoisotopic (exact) mass is 278 g/mol. The number of carbonyl (C=O) groups excluding carboxylic acids is 2. The summed E-state index contributed by atoms with van der Waals surface area (Å²) in [6.45, 7) is 1.54. The Bertz CT molecular complexity index is 638. The zero-order chi connectivity index (χ0) is 14.7. The maximum absolute atomic E-state index is 12.8. The molecule has 1 aromatic heterocycles. The second kappa shape index (κ2) is 5.47. The second-order valence-corrected chi connectivity index (χ2v) is 3.98. The van der Waals surface area contributed by atoms with E-state index < -0.39 is 23.7 Å². The lowest BCUT2D eigenvalue weighted by Crippen LogP contribution is -2.37. The maximum Gasteiger partial charge on any atom is 0.252 e. The van der Waals surface area contributed by atoms with Crippen molar-refractivity contribution >= 4 is 11.8 Å². The lowest BCUT2D eigenvalue weighted by molar-refractivity contribution is -0.120. The number of hydrogen-bond donors (Lipinski definition) is 2. The van der Waals surface area contributed by atoms with Crippen LogP contribution in [0.3, 0.4) is 0 Å². The number of halogens is 1. The average molecular weight is 278 g/mol. The largest absolute Gasteiger partial charge is 0.423 e. The Morgan fingerprint density at radius 2 is 1.95 bits per heavy atom. The van der Waals surface area contributed by atoms with E-state index in [0.29, 0.717) is 0 Å².